The minimum Gasteiger partial charge on any atom is -0.309 e. The first kappa shape index (κ1) is 42.9. The van der Waals surface area contributed by atoms with E-state index in [4.69, 9.17) is 69.6 Å². The molecule has 0 unspecified atom stereocenters. The van der Waals surface area contributed by atoms with E-state index in [0.29, 0.717) is 0 Å². The summed E-state index contributed by atoms with van der Waals surface area (Å²) < 4.78 is 29.7. The van der Waals surface area contributed by atoms with Crippen LogP contribution in [-0.4, -0.2) is 8.59 Å². The highest BCUT2D eigenvalue weighted by Gasteiger charge is 2.44. The summed E-state index contributed by atoms with van der Waals surface area (Å²) in [7, 11) is -6.44. The first-order valence-corrected chi connectivity index (χ1v) is 23.3. The molecular weight excluding hydrogens is 835 g/mol. The van der Waals surface area contributed by atoms with Crippen molar-refractivity contribution in [3.05, 3.63) is 155 Å². The Hall–Kier alpha value is -2.22. The molecule has 0 saturated carbocycles. The zero-order chi connectivity index (χ0) is 39.6. The first-order valence-electron chi connectivity index (χ1n) is 17.3. The van der Waals surface area contributed by atoms with E-state index < -0.39 is 22.9 Å². The van der Waals surface area contributed by atoms with Gasteiger partial charge in [0.05, 0.1) is 0 Å². The Morgan fingerprint density at radius 2 is 0.722 bits per heavy atom. The summed E-state index contributed by atoms with van der Waals surface area (Å²) >= 11 is 28.8. The Labute approximate surface area is 350 Å². The average molecular weight is 877 g/mol. The van der Waals surface area contributed by atoms with Crippen molar-refractivity contribution in [1.29, 1.82) is 0 Å². The lowest BCUT2D eigenvalue weighted by Crippen LogP contribution is -2.21. The normalized spacial score (nSPS) is 18.9. The largest absolute Gasteiger partial charge is 0.309 e. The molecule has 0 saturated heterocycles. The summed E-state index contributed by atoms with van der Waals surface area (Å²) in [5.74, 6) is 0. The lowest BCUT2D eigenvalue weighted by atomic mass is 9.86. The summed E-state index contributed by atoms with van der Waals surface area (Å²) in [5, 5.41) is 4.90. The highest BCUT2D eigenvalue weighted by atomic mass is 35.6. The molecular formula is C44H42Cl6O2P2. The van der Waals surface area contributed by atoms with Gasteiger partial charge in [0.15, 0.2) is 22.9 Å². The summed E-state index contributed by atoms with van der Waals surface area (Å²) in [4.78, 5) is 0. The molecule has 2 aliphatic rings. The van der Waals surface area contributed by atoms with Crippen molar-refractivity contribution in [3.8, 4) is 0 Å². The van der Waals surface area contributed by atoms with E-state index in [-0.39, 0.29) is 10.8 Å². The zero-order valence-corrected chi connectivity index (χ0v) is 37.2. The molecule has 5 aromatic carbocycles. The molecule has 0 spiro atoms. The third-order valence-electron chi connectivity index (χ3n) is 9.45. The van der Waals surface area contributed by atoms with Crippen LogP contribution < -0.4 is 21.2 Å². The molecule has 282 valence electrons. The monoisotopic (exact) mass is 874 g/mol. The molecule has 10 heteroatoms. The second kappa shape index (κ2) is 17.1. The first-order chi connectivity index (χ1) is 25.3. The molecule has 0 radical (unpaired) electrons. The van der Waals surface area contributed by atoms with E-state index in [0.717, 1.165) is 54.1 Å². The number of alkyl halides is 6. The van der Waals surface area contributed by atoms with Gasteiger partial charge >= 0.3 is 0 Å². The highest BCUT2D eigenvalue weighted by Crippen LogP contribution is 2.65. The van der Waals surface area contributed by atoms with Crippen molar-refractivity contribution in [2.45, 2.75) is 61.0 Å². The van der Waals surface area contributed by atoms with E-state index in [9.17, 15) is 0 Å². The predicted molar refractivity (Wildman–Crippen MR) is 242 cm³/mol. The van der Waals surface area contributed by atoms with Crippen LogP contribution in [-0.2, 0) is 20.0 Å². The molecule has 2 nitrogen and oxygen atoms in total. The summed E-state index contributed by atoms with van der Waals surface area (Å²) in [6.07, 6.45) is 4.17. The minimum atomic E-state index is -3.22. The van der Waals surface area contributed by atoms with Gasteiger partial charge in [-0.15, -0.1) is 0 Å². The highest BCUT2D eigenvalue weighted by molar-refractivity contribution is 7.89. The van der Waals surface area contributed by atoms with Gasteiger partial charge in [-0.05, 0) is 68.5 Å². The zero-order valence-electron chi connectivity index (χ0n) is 30.8. The van der Waals surface area contributed by atoms with Gasteiger partial charge < -0.3 is 9.13 Å². The number of halogens is 6. The summed E-state index contributed by atoms with van der Waals surface area (Å²) in [6.45, 7) is 13.2. The molecule has 5 aromatic rings. The molecule has 0 bridgehead atoms. The third kappa shape index (κ3) is 9.15. The van der Waals surface area contributed by atoms with Crippen LogP contribution in [0.4, 0.5) is 0 Å². The van der Waals surface area contributed by atoms with Gasteiger partial charge in [0.25, 0.3) is 0 Å². The van der Waals surface area contributed by atoms with E-state index in [2.05, 4.69) is 114 Å². The van der Waals surface area contributed by atoms with Crippen LogP contribution in [0.25, 0.3) is 22.8 Å². The van der Waals surface area contributed by atoms with E-state index in [1.807, 2.05) is 60.7 Å². The van der Waals surface area contributed by atoms with Gasteiger partial charge in [0, 0.05) is 31.8 Å². The van der Waals surface area contributed by atoms with Gasteiger partial charge in [0.2, 0.25) is 0 Å². The Bertz CT molecular complexity index is 2080. The van der Waals surface area contributed by atoms with Crippen LogP contribution in [0.5, 0.6) is 0 Å². The standard InChI is InChI=1S/C42H40O2P2.2CHCl3/c1-41(2,3)33-21-17-29(18-22-33)37-25-31-27-40-32(28-39(31)45(37,43)35-13-9-7-10-14-35)26-38(46(40,44)36-15-11-8-12-16-36)30-19-23-34(24-20-30)42(4,5)6;2*2-1(3)4/h7-28H,1-6H3;2*1H/t45-,46-;;/m0../s1. The van der Waals surface area contributed by atoms with Crippen molar-refractivity contribution in [3.63, 3.8) is 0 Å². The molecule has 0 aromatic heterocycles. The molecule has 2 atom stereocenters. The fraction of sp³-hybridized carbons (Fsp3) is 0.227. The van der Waals surface area contributed by atoms with Gasteiger partial charge in [-0.25, -0.2) is 0 Å². The average Bonchev–Trinajstić information content (AvgIpc) is 3.58. The molecule has 0 fully saturated rings. The van der Waals surface area contributed by atoms with Crippen molar-refractivity contribution >= 4 is 128 Å². The summed E-state index contributed by atoms with van der Waals surface area (Å²) in [6, 6.07) is 40.9. The fourth-order valence-electron chi connectivity index (χ4n) is 6.77. The third-order valence-corrected chi connectivity index (χ3v) is 15.8. The lowest BCUT2D eigenvalue weighted by molar-refractivity contribution is 0.589. The Kier molecular flexibility index (Phi) is 13.6. The predicted octanol–water partition coefficient (Wildman–Crippen LogP) is 13.9. The van der Waals surface area contributed by atoms with Crippen molar-refractivity contribution in [2.24, 2.45) is 0 Å². The van der Waals surface area contributed by atoms with E-state index >= 15 is 9.13 Å². The number of fused-ring (bicyclic) bond motifs is 2. The van der Waals surface area contributed by atoms with Crippen molar-refractivity contribution < 1.29 is 9.13 Å². The van der Waals surface area contributed by atoms with Gasteiger partial charge in [0.1, 0.15) is 0 Å². The Morgan fingerprint density at radius 1 is 0.444 bits per heavy atom. The van der Waals surface area contributed by atoms with E-state index in [1.54, 1.807) is 0 Å². The number of hydrogen-bond acceptors (Lipinski definition) is 2. The molecule has 2 aliphatic heterocycles. The molecule has 2 heterocycles. The van der Waals surface area contributed by atoms with Crippen molar-refractivity contribution in [1.82, 2.24) is 0 Å². The van der Waals surface area contributed by atoms with E-state index in [1.165, 1.54) is 11.1 Å². The second-order valence-electron chi connectivity index (χ2n) is 15.1. The minimum absolute atomic E-state index is 0.0190. The maximum absolute atomic E-state index is 15.6. The van der Waals surface area contributed by atoms with Crippen molar-refractivity contribution in [2.75, 3.05) is 0 Å². The lowest BCUT2D eigenvalue weighted by Gasteiger charge is -2.23. The Balaban J connectivity index is 0.000000640. The maximum Gasteiger partial charge on any atom is 0.180 e. The van der Waals surface area contributed by atoms with Gasteiger partial charge in [-0.1, -0.05) is 220 Å². The summed E-state index contributed by atoms with van der Waals surface area (Å²) in [5.41, 5.74) is 6.19. The van der Waals surface area contributed by atoms with Crippen LogP contribution >= 0.6 is 83.9 Å². The number of hydrogen-bond donors (Lipinski definition) is 0. The number of benzene rings is 5. The molecule has 7 rings (SSSR count). The fourth-order valence-corrected chi connectivity index (χ4v) is 12.9. The second-order valence-corrected chi connectivity index (χ2v) is 24.4. The number of rotatable bonds is 4. The quantitative estimate of drug-likeness (QED) is 0.133. The SMILES string of the molecule is CC(C)(C)c1ccc(C2=Cc3cc4c(cc3[P@]2(=O)c2ccccc2)C=C(c2ccc(C(C)(C)C)cc2)[P@@]4(=O)c2ccccc2)cc1.ClC(Cl)Cl.ClC(Cl)Cl. The maximum atomic E-state index is 15.6. The van der Waals surface area contributed by atoms with Crippen LogP contribution in [0.2, 0.25) is 0 Å². The van der Waals surface area contributed by atoms with Crippen LogP contribution in [0, 0.1) is 0 Å². The van der Waals surface area contributed by atoms with Gasteiger partial charge in [-0.3, -0.25) is 0 Å². The van der Waals surface area contributed by atoms with Crippen LogP contribution in [0.1, 0.15) is 74.9 Å². The topological polar surface area (TPSA) is 34.1 Å². The van der Waals surface area contributed by atoms with Crippen LogP contribution in [0.3, 0.4) is 0 Å². The molecule has 0 amide bonds. The molecule has 0 N–H and O–H groups in total. The van der Waals surface area contributed by atoms with Gasteiger partial charge in [-0.2, -0.15) is 0 Å². The molecule has 54 heavy (non-hydrogen) atoms. The molecule has 0 aliphatic carbocycles. The Morgan fingerprint density at radius 3 is 0.981 bits per heavy atom. The van der Waals surface area contributed by atoms with Crippen LogP contribution in [0.15, 0.2) is 121 Å². The smallest absolute Gasteiger partial charge is 0.180 e.